The molecule has 8 heteroatoms. The molecule has 3 rings (SSSR count). The van der Waals surface area contributed by atoms with Crippen molar-refractivity contribution in [2.45, 2.75) is 13.3 Å². The number of imidazole rings is 1. The van der Waals surface area contributed by atoms with E-state index in [9.17, 15) is 4.79 Å². The first-order valence-corrected chi connectivity index (χ1v) is 6.76. The van der Waals surface area contributed by atoms with Gasteiger partial charge in [0.1, 0.15) is 0 Å². The standard InChI is InChI=1S/C14H15N7O/c1-2-12-9(13(22)20-14(15)16)6-19-21(12)8-3-4-10-11(5-8)18-7-17-10/h3-7H,2H2,1H3,(H,17,18)(H4,15,16,20,22). The molecule has 0 aliphatic carbocycles. The number of fused-ring (bicyclic) bond motifs is 1. The Morgan fingerprint density at radius 2 is 2.32 bits per heavy atom. The minimum absolute atomic E-state index is 0.390. The molecule has 0 saturated heterocycles. The second kappa shape index (κ2) is 5.32. The van der Waals surface area contributed by atoms with E-state index in [1.165, 1.54) is 6.20 Å². The number of hydrogen-bond donors (Lipinski definition) is 4. The third-order valence-corrected chi connectivity index (χ3v) is 3.34. The predicted octanol–water partition coefficient (Wildman–Crippen LogP) is 0.934. The second-order valence-corrected chi connectivity index (χ2v) is 4.74. The van der Waals surface area contributed by atoms with Gasteiger partial charge in [0.25, 0.3) is 5.91 Å². The quantitative estimate of drug-likeness (QED) is 0.424. The highest BCUT2D eigenvalue weighted by Crippen LogP contribution is 2.19. The van der Waals surface area contributed by atoms with Gasteiger partial charge in [0.2, 0.25) is 0 Å². The number of nitrogens with two attached hydrogens (primary N) is 1. The van der Waals surface area contributed by atoms with Gasteiger partial charge in [-0.05, 0) is 24.6 Å². The van der Waals surface area contributed by atoms with Crippen molar-refractivity contribution in [3.8, 4) is 5.69 Å². The van der Waals surface area contributed by atoms with Crippen LogP contribution in [0.3, 0.4) is 0 Å². The number of H-pyrrole nitrogens is 1. The van der Waals surface area contributed by atoms with Crippen molar-refractivity contribution in [3.05, 3.63) is 42.0 Å². The van der Waals surface area contributed by atoms with E-state index < -0.39 is 11.9 Å². The lowest BCUT2D eigenvalue weighted by atomic mass is 10.2. The van der Waals surface area contributed by atoms with Crippen LogP contribution in [0.5, 0.6) is 0 Å². The van der Waals surface area contributed by atoms with Gasteiger partial charge in [0.05, 0.1) is 40.5 Å². The maximum Gasteiger partial charge on any atom is 0.261 e. The average molecular weight is 297 g/mol. The lowest BCUT2D eigenvalue weighted by molar-refractivity contribution is 0.0975. The summed E-state index contributed by atoms with van der Waals surface area (Å²) in [6, 6.07) is 5.70. The predicted molar refractivity (Wildman–Crippen MR) is 82.0 cm³/mol. The number of aromatic amines is 1. The Morgan fingerprint density at radius 3 is 3.05 bits per heavy atom. The molecule has 0 aliphatic heterocycles. The lowest BCUT2D eigenvalue weighted by Crippen LogP contribution is -2.36. The molecule has 22 heavy (non-hydrogen) atoms. The normalized spacial score (nSPS) is 10.8. The van der Waals surface area contributed by atoms with E-state index in [1.807, 2.05) is 25.1 Å². The van der Waals surface area contributed by atoms with Gasteiger partial charge in [0.15, 0.2) is 5.96 Å². The number of rotatable bonds is 3. The zero-order valence-electron chi connectivity index (χ0n) is 11.9. The molecule has 3 aromatic rings. The van der Waals surface area contributed by atoms with Crippen LogP contribution in [0.15, 0.2) is 30.7 Å². The zero-order valence-corrected chi connectivity index (χ0v) is 11.9. The Kier molecular flexibility index (Phi) is 3.34. The average Bonchev–Trinajstić information content (AvgIpc) is 3.11. The van der Waals surface area contributed by atoms with Gasteiger partial charge in [-0.25, -0.2) is 9.67 Å². The molecule has 0 unspecified atom stereocenters. The van der Waals surface area contributed by atoms with Crippen LogP contribution < -0.4 is 11.1 Å². The maximum atomic E-state index is 12.0. The zero-order chi connectivity index (χ0) is 15.7. The Labute approximate surface area is 125 Å². The van der Waals surface area contributed by atoms with Gasteiger partial charge < -0.3 is 10.7 Å². The van der Waals surface area contributed by atoms with Gasteiger partial charge in [-0.3, -0.25) is 15.5 Å². The summed E-state index contributed by atoms with van der Waals surface area (Å²) in [5.41, 5.74) is 8.94. The molecule has 5 N–H and O–H groups in total. The molecular weight excluding hydrogens is 282 g/mol. The van der Waals surface area contributed by atoms with Crippen molar-refractivity contribution >= 4 is 22.9 Å². The number of guanidine groups is 1. The summed E-state index contributed by atoms with van der Waals surface area (Å²) in [5, 5.41) is 13.7. The Hall–Kier alpha value is -3.16. The first-order valence-electron chi connectivity index (χ1n) is 6.76. The summed E-state index contributed by atoms with van der Waals surface area (Å²) in [7, 11) is 0. The van der Waals surface area contributed by atoms with E-state index >= 15 is 0 Å². The molecular formula is C14H15N7O. The first-order chi connectivity index (χ1) is 10.6. The SMILES string of the molecule is CCc1c(C(=O)NC(=N)N)cnn1-c1ccc2nc[nH]c2c1. The van der Waals surface area contributed by atoms with Crippen molar-refractivity contribution < 1.29 is 4.79 Å². The van der Waals surface area contributed by atoms with E-state index in [0.29, 0.717) is 12.0 Å². The molecule has 0 saturated carbocycles. The van der Waals surface area contributed by atoms with Crippen molar-refractivity contribution in [2.75, 3.05) is 0 Å². The minimum Gasteiger partial charge on any atom is -0.370 e. The van der Waals surface area contributed by atoms with Gasteiger partial charge in [-0.15, -0.1) is 0 Å². The van der Waals surface area contributed by atoms with Gasteiger partial charge in [-0.1, -0.05) is 6.92 Å². The molecule has 112 valence electrons. The molecule has 1 amide bonds. The third-order valence-electron chi connectivity index (χ3n) is 3.34. The van der Waals surface area contributed by atoms with Gasteiger partial charge in [-0.2, -0.15) is 5.10 Å². The number of hydrogen-bond acceptors (Lipinski definition) is 4. The van der Waals surface area contributed by atoms with Crippen LogP contribution in [0.2, 0.25) is 0 Å². The molecule has 8 nitrogen and oxygen atoms in total. The van der Waals surface area contributed by atoms with Crippen LogP contribution in [0.4, 0.5) is 0 Å². The summed E-state index contributed by atoms with van der Waals surface area (Å²) in [6.07, 6.45) is 3.72. The summed E-state index contributed by atoms with van der Waals surface area (Å²) in [5.74, 6) is -0.822. The van der Waals surface area contributed by atoms with E-state index in [-0.39, 0.29) is 0 Å². The number of aromatic nitrogens is 4. The smallest absolute Gasteiger partial charge is 0.261 e. The Balaban J connectivity index is 2.05. The molecule has 0 aliphatic rings. The molecule has 1 aromatic carbocycles. The lowest BCUT2D eigenvalue weighted by Gasteiger charge is -2.08. The fraction of sp³-hybridized carbons (Fsp3) is 0.143. The maximum absolute atomic E-state index is 12.0. The minimum atomic E-state index is -0.432. The van der Waals surface area contributed by atoms with Crippen LogP contribution in [0.1, 0.15) is 23.0 Å². The number of nitrogens with zero attached hydrogens (tertiary/aromatic N) is 3. The highest BCUT2D eigenvalue weighted by molar-refractivity contribution is 6.05. The number of nitrogens with one attached hydrogen (secondary N) is 3. The van der Waals surface area contributed by atoms with E-state index in [0.717, 1.165) is 22.4 Å². The number of carbonyl (C=O) groups is 1. The summed E-state index contributed by atoms with van der Waals surface area (Å²) < 4.78 is 1.70. The highest BCUT2D eigenvalue weighted by Gasteiger charge is 2.17. The number of amides is 1. The summed E-state index contributed by atoms with van der Waals surface area (Å²) in [4.78, 5) is 19.3. The Morgan fingerprint density at radius 1 is 1.50 bits per heavy atom. The second-order valence-electron chi connectivity index (χ2n) is 4.74. The topological polar surface area (TPSA) is 125 Å². The summed E-state index contributed by atoms with van der Waals surface area (Å²) >= 11 is 0. The van der Waals surface area contributed by atoms with Crippen molar-refractivity contribution in [1.82, 2.24) is 25.1 Å². The molecule has 0 radical (unpaired) electrons. The fourth-order valence-electron chi connectivity index (χ4n) is 2.37. The molecule has 0 spiro atoms. The molecule has 0 atom stereocenters. The van der Waals surface area contributed by atoms with E-state index in [1.54, 1.807) is 11.0 Å². The van der Waals surface area contributed by atoms with Crippen molar-refractivity contribution in [1.29, 1.82) is 5.41 Å². The number of carbonyl (C=O) groups excluding carboxylic acids is 1. The van der Waals surface area contributed by atoms with Gasteiger partial charge >= 0.3 is 0 Å². The number of benzene rings is 1. The van der Waals surface area contributed by atoms with Crippen LogP contribution in [0, 0.1) is 5.41 Å². The van der Waals surface area contributed by atoms with Crippen molar-refractivity contribution in [2.24, 2.45) is 5.73 Å². The molecule has 2 aromatic heterocycles. The largest absolute Gasteiger partial charge is 0.370 e. The van der Waals surface area contributed by atoms with Crippen molar-refractivity contribution in [3.63, 3.8) is 0 Å². The third kappa shape index (κ3) is 2.30. The summed E-state index contributed by atoms with van der Waals surface area (Å²) in [6.45, 7) is 1.94. The molecule has 0 bridgehead atoms. The van der Waals surface area contributed by atoms with E-state index in [4.69, 9.17) is 11.1 Å². The van der Waals surface area contributed by atoms with Gasteiger partial charge in [0, 0.05) is 0 Å². The van der Waals surface area contributed by atoms with Crippen LogP contribution in [-0.4, -0.2) is 31.6 Å². The first kappa shape index (κ1) is 13.8. The van der Waals surface area contributed by atoms with Crippen LogP contribution in [-0.2, 0) is 6.42 Å². The molecule has 2 heterocycles. The van der Waals surface area contributed by atoms with Crippen LogP contribution in [0.25, 0.3) is 16.7 Å². The fourth-order valence-corrected chi connectivity index (χ4v) is 2.37. The van der Waals surface area contributed by atoms with E-state index in [2.05, 4.69) is 20.4 Å². The monoisotopic (exact) mass is 297 g/mol. The molecule has 0 fully saturated rings. The highest BCUT2D eigenvalue weighted by atomic mass is 16.1. The Bertz CT molecular complexity index is 861. The van der Waals surface area contributed by atoms with Crippen LogP contribution >= 0.6 is 0 Å².